The van der Waals surface area contributed by atoms with E-state index in [0.717, 1.165) is 5.56 Å². The minimum absolute atomic E-state index is 0.0459. The highest BCUT2D eigenvalue weighted by Crippen LogP contribution is 2.39. The van der Waals surface area contributed by atoms with Gasteiger partial charge in [-0.05, 0) is 36.3 Å². The quantitative estimate of drug-likeness (QED) is 0.339. The van der Waals surface area contributed by atoms with E-state index in [1.165, 1.54) is 22.9 Å². The molecule has 3 heterocycles. The van der Waals surface area contributed by atoms with Crippen LogP contribution in [0.5, 0.6) is 0 Å². The van der Waals surface area contributed by atoms with Gasteiger partial charge in [0.2, 0.25) is 0 Å². The Hall–Kier alpha value is -4.36. The van der Waals surface area contributed by atoms with Gasteiger partial charge in [-0.2, -0.15) is 4.98 Å². The molecule has 2 aliphatic rings. The number of carbonyl (C=O) groups is 2. The van der Waals surface area contributed by atoms with Crippen LogP contribution in [0.2, 0.25) is 0 Å². The number of anilines is 1. The summed E-state index contributed by atoms with van der Waals surface area (Å²) in [6, 6.07) is 17.3. The van der Waals surface area contributed by atoms with Gasteiger partial charge in [0.25, 0.3) is 0 Å². The Balaban J connectivity index is 1.33. The lowest BCUT2D eigenvalue weighted by atomic mass is 10.1. The van der Waals surface area contributed by atoms with E-state index in [-0.39, 0.29) is 24.6 Å². The second-order valence-electron chi connectivity index (χ2n) is 9.37. The van der Waals surface area contributed by atoms with Gasteiger partial charge in [-0.15, -0.1) is 0 Å². The molecule has 0 saturated carbocycles. The van der Waals surface area contributed by atoms with E-state index in [9.17, 15) is 19.5 Å². The molecule has 3 N–H and O–H groups in total. The minimum Gasteiger partial charge on any atom is -0.478 e. The third-order valence-corrected chi connectivity index (χ3v) is 6.58. The smallest absolute Gasteiger partial charge is 0.351 e. The van der Waals surface area contributed by atoms with Gasteiger partial charge >= 0.3 is 17.7 Å². The number of urea groups is 1. The third-order valence-electron chi connectivity index (χ3n) is 6.58. The first kappa shape index (κ1) is 28.2. The third kappa shape index (κ3) is 6.69. The highest BCUT2D eigenvalue weighted by Gasteiger charge is 2.53. The summed E-state index contributed by atoms with van der Waals surface area (Å²) in [5, 5.41) is 14.5. The fraction of sp³-hybridized carbons (Fsp3) is 0.310. The summed E-state index contributed by atoms with van der Waals surface area (Å²) in [6.07, 6.45) is 1.68. The molecule has 2 aliphatic heterocycles. The number of benzene rings is 2. The van der Waals surface area contributed by atoms with Gasteiger partial charge in [0.15, 0.2) is 12.5 Å². The number of aromatic nitrogens is 2. The van der Waals surface area contributed by atoms with Crippen LogP contribution >= 0.6 is 0 Å². The number of nitrogens with one attached hydrogen (secondary N) is 2. The second kappa shape index (κ2) is 12.9. The highest BCUT2D eigenvalue weighted by atomic mass is 16.8. The Morgan fingerprint density at radius 2 is 1.80 bits per heavy atom. The topological polar surface area (TPSA) is 150 Å². The molecule has 2 saturated heterocycles. The van der Waals surface area contributed by atoms with Gasteiger partial charge in [0, 0.05) is 12.7 Å². The van der Waals surface area contributed by atoms with Crippen LogP contribution in [-0.4, -0.2) is 64.4 Å². The molecule has 12 nitrogen and oxygen atoms in total. The number of amides is 2. The summed E-state index contributed by atoms with van der Waals surface area (Å²) < 4.78 is 25.7. The normalized spacial score (nSPS) is 23.4. The van der Waals surface area contributed by atoms with Gasteiger partial charge in [-0.1, -0.05) is 54.6 Å². The number of fused-ring (bicyclic) bond motifs is 1. The molecule has 0 bridgehead atoms. The zero-order valence-electron chi connectivity index (χ0n) is 22.2. The van der Waals surface area contributed by atoms with Crippen molar-refractivity contribution in [2.75, 3.05) is 18.5 Å². The number of aromatic carboxylic acids is 1. The van der Waals surface area contributed by atoms with Crippen LogP contribution in [0.3, 0.4) is 0 Å². The summed E-state index contributed by atoms with van der Waals surface area (Å²) in [5.41, 5.74) is 0.999. The van der Waals surface area contributed by atoms with Gasteiger partial charge in [0.05, 0.1) is 18.8 Å². The predicted molar refractivity (Wildman–Crippen MR) is 147 cm³/mol. The fourth-order valence-electron chi connectivity index (χ4n) is 4.70. The number of rotatable bonds is 10. The maximum atomic E-state index is 13.0. The van der Waals surface area contributed by atoms with Crippen molar-refractivity contribution in [2.45, 2.75) is 44.4 Å². The number of carboxylic acid groups (broad SMARTS) is 1. The van der Waals surface area contributed by atoms with Crippen LogP contribution in [-0.2, 0) is 25.6 Å². The predicted octanol–water partition coefficient (Wildman–Crippen LogP) is 3.02. The molecule has 2 aromatic carbocycles. The van der Waals surface area contributed by atoms with Crippen LogP contribution in [0.25, 0.3) is 6.08 Å². The summed E-state index contributed by atoms with van der Waals surface area (Å²) in [5.74, 6) is -0.949. The molecular weight excluding hydrogens is 532 g/mol. The van der Waals surface area contributed by atoms with Crippen molar-refractivity contribution < 1.29 is 33.6 Å². The van der Waals surface area contributed by atoms with Crippen molar-refractivity contribution in [3.8, 4) is 0 Å². The molecule has 1 unspecified atom stereocenters. The molecule has 2 amide bonds. The first-order valence-corrected chi connectivity index (χ1v) is 13.2. The first-order valence-electron chi connectivity index (χ1n) is 13.2. The molecular formula is C29H30N4O8. The van der Waals surface area contributed by atoms with Crippen molar-refractivity contribution in [1.29, 1.82) is 0 Å². The summed E-state index contributed by atoms with van der Waals surface area (Å²) in [6.45, 7) is 2.30. The average Bonchev–Trinajstić information content (AvgIpc) is 3.52. The molecule has 0 radical (unpaired) electrons. The number of carbonyl (C=O) groups excluding carboxylic acids is 1. The number of nitrogens with zero attached hydrogens (tertiary/aromatic N) is 2. The monoisotopic (exact) mass is 562 g/mol. The van der Waals surface area contributed by atoms with Crippen molar-refractivity contribution in [3.05, 3.63) is 100 Å². The molecule has 41 heavy (non-hydrogen) atoms. The Labute approximate surface area is 235 Å². The number of hydrogen-bond donors (Lipinski definition) is 3. The lowest BCUT2D eigenvalue weighted by Crippen LogP contribution is -2.35. The molecule has 2 fully saturated rings. The zero-order valence-corrected chi connectivity index (χ0v) is 22.2. The van der Waals surface area contributed by atoms with Gasteiger partial charge < -0.3 is 29.4 Å². The fourth-order valence-corrected chi connectivity index (χ4v) is 4.70. The molecule has 5 atom stereocenters. The number of hydrogen-bond acceptors (Lipinski definition) is 8. The minimum atomic E-state index is -1.04. The Kier molecular flexibility index (Phi) is 8.85. The van der Waals surface area contributed by atoms with Crippen LogP contribution in [0.1, 0.15) is 34.6 Å². The average molecular weight is 563 g/mol. The van der Waals surface area contributed by atoms with Crippen LogP contribution < -0.4 is 16.3 Å². The standard InChI is InChI=1S/C29H30N4O8/c1-2-30-28(36)31-22-14-15-33(29(37)32-22)26-25-24(40-23(41-25)13-12-18-8-4-3-5-9-18)21(39-26)17-38-16-19-10-6-7-11-20(19)27(34)35/h3-15,21,23-26H,2,16-17H2,1H3,(H,34,35)(H2,30,31,32,36,37)/b13-12+/t21-,23+,24?,25+,26-/m1/s1. The van der Waals surface area contributed by atoms with E-state index in [1.54, 1.807) is 31.2 Å². The van der Waals surface area contributed by atoms with Crippen molar-refractivity contribution in [3.63, 3.8) is 0 Å². The van der Waals surface area contributed by atoms with E-state index in [4.69, 9.17) is 18.9 Å². The van der Waals surface area contributed by atoms with Crippen molar-refractivity contribution >= 4 is 23.9 Å². The summed E-state index contributed by atoms with van der Waals surface area (Å²) in [7, 11) is 0. The number of carboxylic acids is 1. The van der Waals surface area contributed by atoms with Gasteiger partial charge in [0.1, 0.15) is 24.1 Å². The maximum Gasteiger partial charge on any atom is 0.351 e. The molecule has 5 rings (SSSR count). The van der Waals surface area contributed by atoms with E-state index < -0.39 is 48.5 Å². The van der Waals surface area contributed by atoms with E-state index >= 15 is 0 Å². The van der Waals surface area contributed by atoms with E-state index in [2.05, 4.69) is 15.6 Å². The highest BCUT2D eigenvalue weighted by molar-refractivity contribution is 5.89. The lowest BCUT2D eigenvalue weighted by Gasteiger charge is -2.21. The second-order valence-corrected chi connectivity index (χ2v) is 9.37. The Morgan fingerprint density at radius 3 is 2.56 bits per heavy atom. The Bertz CT molecular complexity index is 1460. The van der Waals surface area contributed by atoms with E-state index in [1.807, 2.05) is 36.4 Å². The molecule has 214 valence electrons. The summed E-state index contributed by atoms with van der Waals surface area (Å²) in [4.78, 5) is 40.3. The largest absolute Gasteiger partial charge is 0.478 e. The number of ether oxygens (including phenoxy) is 4. The Morgan fingerprint density at radius 1 is 1.05 bits per heavy atom. The molecule has 3 aromatic rings. The lowest BCUT2D eigenvalue weighted by molar-refractivity contribution is -0.141. The van der Waals surface area contributed by atoms with Crippen LogP contribution in [0, 0.1) is 0 Å². The van der Waals surface area contributed by atoms with Gasteiger partial charge in [-0.25, -0.2) is 14.4 Å². The molecule has 12 heteroatoms. The van der Waals surface area contributed by atoms with Crippen molar-refractivity contribution in [1.82, 2.24) is 14.9 Å². The van der Waals surface area contributed by atoms with Crippen LogP contribution in [0.15, 0.2) is 77.7 Å². The van der Waals surface area contributed by atoms with Gasteiger partial charge in [-0.3, -0.25) is 9.88 Å². The molecule has 0 aliphatic carbocycles. The molecule has 0 spiro atoms. The van der Waals surface area contributed by atoms with Crippen molar-refractivity contribution in [2.24, 2.45) is 0 Å². The SMILES string of the molecule is CCNC(=O)Nc1ccn([C@@H]2O[C@H](COCc3ccccc3C(=O)O)C3O[C@H](/C=C/c4ccccc4)O[C@@H]32)c(=O)n1. The maximum absolute atomic E-state index is 13.0. The first-order chi connectivity index (χ1) is 19.9. The molecule has 1 aromatic heterocycles. The van der Waals surface area contributed by atoms with Crippen LogP contribution in [0.4, 0.5) is 10.6 Å². The zero-order chi connectivity index (χ0) is 28.8. The summed E-state index contributed by atoms with van der Waals surface area (Å²) >= 11 is 0. The van der Waals surface area contributed by atoms with E-state index in [0.29, 0.717) is 12.1 Å².